The van der Waals surface area contributed by atoms with Crippen molar-refractivity contribution in [2.75, 3.05) is 12.4 Å². The largest absolute Gasteiger partial charge is 0.497 e. The summed E-state index contributed by atoms with van der Waals surface area (Å²) in [5.41, 5.74) is 5.53. The Labute approximate surface area is 200 Å². The fourth-order valence-electron chi connectivity index (χ4n) is 4.08. The lowest BCUT2D eigenvalue weighted by atomic mass is 10.0. The van der Waals surface area contributed by atoms with Gasteiger partial charge in [0, 0.05) is 17.3 Å². The van der Waals surface area contributed by atoms with Crippen LogP contribution in [0.5, 0.6) is 5.75 Å². The molecule has 174 valence electrons. The Kier molecular flexibility index (Phi) is 7.12. The normalized spacial score (nSPS) is 10.9. The number of nitrogens with one attached hydrogen (secondary N) is 1. The Morgan fingerprint density at radius 2 is 1.62 bits per heavy atom. The maximum atomic E-state index is 13.5. The molecule has 0 fully saturated rings. The van der Waals surface area contributed by atoms with Crippen molar-refractivity contribution in [2.45, 2.75) is 39.7 Å². The molecule has 0 bridgehead atoms. The van der Waals surface area contributed by atoms with Crippen LogP contribution < -0.4 is 15.6 Å². The Morgan fingerprint density at radius 3 is 2.29 bits per heavy atom. The first-order valence-corrected chi connectivity index (χ1v) is 11.6. The highest BCUT2D eigenvalue weighted by atomic mass is 16.5. The molecule has 0 unspecified atom stereocenters. The van der Waals surface area contributed by atoms with Crippen molar-refractivity contribution in [1.82, 2.24) is 4.57 Å². The zero-order valence-electron chi connectivity index (χ0n) is 19.9. The van der Waals surface area contributed by atoms with Gasteiger partial charge in [-0.1, -0.05) is 48.9 Å². The van der Waals surface area contributed by atoms with Gasteiger partial charge >= 0.3 is 0 Å². The second-order valence-electron chi connectivity index (χ2n) is 8.57. The summed E-state index contributed by atoms with van der Waals surface area (Å²) in [6, 6.07) is 23.7. The summed E-state index contributed by atoms with van der Waals surface area (Å²) >= 11 is 0. The van der Waals surface area contributed by atoms with E-state index in [0.29, 0.717) is 28.9 Å². The molecule has 0 aliphatic heterocycles. The number of anilines is 1. The standard InChI is InChI=1S/C29H30N2O3/c1-4-21-7-9-22(10-8-21)11-12-24-17-23-13-16-26(34-3)18-27(23)31(29(24)33)19-28(32)30-25-14-5-20(2)6-15-25/h5-10,13-18H,4,11-12,19H2,1-3H3,(H,30,32). The van der Waals surface area contributed by atoms with Gasteiger partial charge < -0.3 is 10.1 Å². The van der Waals surface area contributed by atoms with Crippen molar-refractivity contribution >= 4 is 22.5 Å². The molecule has 34 heavy (non-hydrogen) atoms. The predicted octanol–water partition coefficient (Wildman–Crippen LogP) is 5.30. The average Bonchev–Trinajstić information content (AvgIpc) is 2.86. The highest BCUT2D eigenvalue weighted by molar-refractivity contribution is 5.92. The van der Waals surface area contributed by atoms with E-state index in [9.17, 15) is 9.59 Å². The van der Waals surface area contributed by atoms with Crippen LogP contribution in [0.15, 0.2) is 77.6 Å². The van der Waals surface area contributed by atoms with Gasteiger partial charge in [-0.15, -0.1) is 0 Å². The number of rotatable bonds is 8. The minimum atomic E-state index is -0.248. The maximum Gasteiger partial charge on any atom is 0.254 e. The molecule has 0 aliphatic carbocycles. The van der Waals surface area contributed by atoms with E-state index in [4.69, 9.17) is 4.74 Å². The summed E-state index contributed by atoms with van der Waals surface area (Å²) < 4.78 is 6.92. The summed E-state index contributed by atoms with van der Waals surface area (Å²) in [6.07, 6.45) is 2.37. The minimum Gasteiger partial charge on any atom is -0.497 e. The van der Waals surface area contributed by atoms with Crippen molar-refractivity contribution in [3.8, 4) is 5.75 Å². The van der Waals surface area contributed by atoms with Crippen LogP contribution in [0, 0.1) is 6.92 Å². The number of hydrogen-bond acceptors (Lipinski definition) is 3. The van der Waals surface area contributed by atoms with E-state index in [0.717, 1.165) is 23.8 Å². The molecule has 1 aromatic heterocycles. The summed E-state index contributed by atoms with van der Waals surface area (Å²) in [6.45, 7) is 4.06. The van der Waals surface area contributed by atoms with Gasteiger partial charge in [-0.3, -0.25) is 14.2 Å². The lowest BCUT2D eigenvalue weighted by molar-refractivity contribution is -0.116. The number of methoxy groups -OCH3 is 1. The number of amides is 1. The number of aryl methyl sites for hydroxylation is 4. The van der Waals surface area contributed by atoms with E-state index in [1.807, 2.05) is 55.5 Å². The van der Waals surface area contributed by atoms with Crippen LogP contribution in [0.3, 0.4) is 0 Å². The van der Waals surface area contributed by atoms with E-state index in [1.165, 1.54) is 11.1 Å². The predicted molar refractivity (Wildman–Crippen MR) is 138 cm³/mol. The monoisotopic (exact) mass is 454 g/mol. The van der Waals surface area contributed by atoms with Crippen molar-refractivity contribution in [2.24, 2.45) is 0 Å². The van der Waals surface area contributed by atoms with Gasteiger partial charge in [-0.05, 0) is 73.0 Å². The van der Waals surface area contributed by atoms with Crippen molar-refractivity contribution in [3.63, 3.8) is 0 Å². The number of benzene rings is 3. The lowest BCUT2D eigenvalue weighted by Gasteiger charge is -2.14. The fraction of sp³-hybridized carbons (Fsp3) is 0.241. The summed E-state index contributed by atoms with van der Waals surface area (Å²) in [7, 11) is 1.59. The minimum absolute atomic E-state index is 0.0740. The second-order valence-corrected chi connectivity index (χ2v) is 8.57. The summed E-state index contributed by atoms with van der Waals surface area (Å²) in [5, 5.41) is 3.80. The molecule has 0 aliphatic rings. The molecular weight excluding hydrogens is 424 g/mol. The topological polar surface area (TPSA) is 60.3 Å². The van der Waals surface area contributed by atoms with Gasteiger partial charge in [0.15, 0.2) is 0 Å². The maximum absolute atomic E-state index is 13.5. The molecule has 0 saturated carbocycles. The van der Waals surface area contributed by atoms with Crippen molar-refractivity contribution in [1.29, 1.82) is 0 Å². The van der Waals surface area contributed by atoms with Gasteiger partial charge in [-0.2, -0.15) is 0 Å². The Bertz CT molecular complexity index is 1350. The first-order valence-electron chi connectivity index (χ1n) is 11.6. The number of fused-ring (bicyclic) bond motifs is 1. The zero-order valence-corrected chi connectivity index (χ0v) is 19.9. The van der Waals surface area contributed by atoms with Crippen molar-refractivity contribution < 1.29 is 9.53 Å². The number of carbonyl (C=O) groups excluding carboxylic acids is 1. The highest BCUT2D eigenvalue weighted by Gasteiger charge is 2.14. The Hall–Kier alpha value is -3.86. The van der Waals surface area contributed by atoms with E-state index >= 15 is 0 Å². The molecule has 1 heterocycles. The Morgan fingerprint density at radius 1 is 0.912 bits per heavy atom. The van der Waals surface area contributed by atoms with Gasteiger partial charge in [0.25, 0.3) is 5.56 Å². The molecule has 0 spiro atoms. The molecular formula is C29H30N2O3. The highest BCUT2D eigenvalue weighted by Crippen LogP contribution is 2.21. The van der Waals surface area contributed by atoms with Crippen LogP contribution in [-0.4, -0.2) is 17.6 Å². The number of pyridine rings is 1. The molecule has 0 radical (unpaired) electrons. The average molecular weight is 455 g/mol. The SMILES string of the molecule is CCc1ccc(CCc2cc3ccc(OC)cc3n(CC(=O)Nc3ccc(C)cc3)c2=O)cc1. The summed E-state index contributed by atoms with van der Waals surface area (Å²) in [5.74, 6) is 0.394. The molecule has 0 saturated heterocycles. The van der Waals surface area contributed by atoms with Gasteiger partial charge in [0.1, 0.15) is 12.3 Å². The van der Waals surface area contributed by atoms with Crippen LogP contribution in [0.4, 0.5) is 5.69 Å². The van der Waals surface area contributed by atoms with E-state index < -0.39 is 0 Å². The first kappa shape index (κ1) is 23.3. The number of hydrogen-bond donors (Lipinski definition) is 1. The summed E-state index contributed by atoms with van der Waals surface area (Å²) in [4.78, 5) is 26.3. The molecule has 1 N–H and O–H groups in total. The second kappa shape index (κ2) is 10.4. The van der Waals surface area contributed by atoms with Crippen LogP contribution >= 0.6 is 0 Å². The third-order valence-electron chi connectivity index (χ3n) is 6.13. The van der Waals surface area contributed by atoms with Crippen LogP contribution in [0.1, 0.15) is 29.2 Å². The van der Waals surface area contributed by atoms with E-state index in [-0.39, 0.29) is 18.0 Å². The van der Waals surface area contributed by atoms with Crippen LogP contribution in [-0.2, 0) is 30.6 Å². The Balaban J connectivity index is 1.64. The van der Waals surface area contributed by atoms with Gasteiger partial charge in [0.05, 0.1) is 12.6 Å². The third kappa shape index (κ3) is 5.37. The zero-order chi connectivity index (χ0) is 24.1. The van der Waals surface area contributed by atoms with E-state index in [1.54, 1.807) is 11.7 Å². The molecule has 3 aromatic carbocycles. The molecule has 0 atom stereocenters. The molecule has 5 heteroatoms. The smallest absolute Gasteiger partial charge is 0.254 e. The molecule has 4 rings (SSSR count). The van der Waals surface area contributed by atoms with Crippen molar-refractivity contribution in [3.05, 3.63) is 105 Å². The third-order valence-corrected chi connectivity index (χ3v) is 6.13. The molecule has 4 aromatic rings. The number of carbonyl (C=O) groups is 1. The number of aromatic nitrogens is 1. The number of nitrogens with zero attached hydrogens (tertiary/aromatic N) is 1. The molecule has 1 amide bonds. The van der Waals surface area contributed by atoms with Gasteiger partial charge in [0.2, 0.25) is 5.91 Å². The van der Waals surface area contributed by atoms with Crippen LogP contribution in [0.25, 0.3) is 10.9 Å². The first-order chi connectivity index (χ1) is 16.5. The number of ether oxygens (including phenoxy) is 1. The lowest BCUT2D eigenvalue weighted by Crippen LogP contribution is -2.30. The quantitative estimate of drug-likeness (QED) is 0.393. The fourth-order valence-corrected chi connectivity index (χ4v) is 4.08. The van der Waals surface area contributed by atoms with E-state index in [2.05, 4.69) is 36.5 Å². The molecule has 5 nitrogen and oxygen atoms in total. The van der Waals surface area contributed by atoms with Gasteiger partial charge in [-0.25, -0.2) is 0 Å². The van der Waals surface area contributed by atoms with Crippen LogP contribution in [0.2, 0.25) is 0 Å².